The summed E-state index contributed by atoms with van der Waals surface area (Å²) in [6, 6.07) is 4.86. The van der Waals surface area contributed by atoms with Gasteiger partial charge in [0.2, 0.25) is 0 Å². The number of hydrogen-bond donors (Lipinski definition) is 0. The van der Waals surface area contributed by atoms with Crippen LogP contribution in [0.4, 0.5) is 5.82 Å². The standard InChI is InChI=1S/C13H17N3/c1-4-16(11-5-6-11)13-12(8-14)9(2)7-10(3)15-13/h7,11H,4-6H2,1-3H3. The maximum absolute atomic E-state index is 9.22. The van der Waals surface area contributed by atoms with Crippen molar-refractivity contribution in [2.75, 3.05) is 11.4 Å². The molecule has 0 aliphatic heterocycles. The van der Waals surface area contributed by atoms with Crippen LogP contribution in [0, 0.1) is 25.2 Å². The summed E-state index contributed by atoms with van der Waals surface area (Å²) in [6.07, 6.45) is 2.46. The first-order valence-electron chi connectivity index (χ1n) is 5.82. The van der Waals surface area contributed by atoms with E-state index in [4.69, 9.17) is 0 Å². The summed E-state index contributed by atoms with van der Waals surface area (Å²) in [5, 5.41) is 9.22. The largest absolute Gasteiger partial charge is 0.353 e. The van der Waals surface area contributed by atoms with Crippen LogP contribution in [-0.4, -0.2) is 17.6 Å². The molecule has 1 aliphatic rings. The second-order valence-corrected chi connectivity index (χ2v) is 4.41. The Morgan fingerprint density at radius 1 is 1.50 bits per heavy atom. The van der Waals surface area contributed by atoms with Gasteiger partial charge >= 0.3 is 0 Å². The molecule has 1 aromatic heterocycles. The predicted octanol–water partition coefficient (Wildman–Crippen LogP) is 2.56. The smallest absolute Gasteiger partial charge is 0.147 e. The number of hydrogen-bond acceptors (Lipinski definition) is 3. The molecule has 3 heteroatoms. The van der Waals surface area contributed by atoms with E-state index in [-0.39, 0.29) is 0 Å². The fourth-order valence-corrected chi connectivity index (χ4v) is 2.13. The molecule has 0 radical (unpaired) electrons. The molecule has 1 fully saturated rings. The molecule has 3 nitrogen and oxygen atoms in total. The predicted molar refractivity (Wildman–Crippen MR) is 64.5 cm³/mol. The lowest BCUT2D eigenvalue weighted by Crippen LogP contribution is -2.27. The van der Waals surface area contributed by atoms with Gasteiger partial charge in [0.25, 0.3) is 0 Å². The molecule has 1 saturated carbocycles. The van der Waals surface area contributed by atoms with Gasteiger partial charge in [-0.2, -0.15) is 5.26 Å². The lowest BCUT2D eigenvalue weighted by Gasteiger charge is -2.23. The Kier molecular flexibility index (Phi) is 2.82. The Labute approximate surface area is 96.7 Å². The van der Waals surface area contributed by atoms with Crippen molar-refractivity contribution in [3.05, 3.63) is 22.9 Å². The maximum Gasteiger partial charge on any atom is 0.147 e. The van der Waals surface area contributed by atoms with E-state index in [0.29, 0.717) is 6.04 Å². The minimum Gasteiger partial charge on any atom is -0.353 e. The van der Waals surface area contributed by atoms with Gasteiger partial charge in [-0.3, -0.25) is 0 Å². The van der Waals surface area contributed by atoms with Crippen molar-refractivity contribution in [3.8, 4) is 6.07 Å². The molecule has 0 bridgehead atoms. The van der Waals surface area contributed by atoms with Crippen molar-refractivity contribution in [1.82, 2.24) is 4.98 Å². The Morgan fingerprint density at radius 2 is 2.19 bits per heavy atom. The van der Waals surface area contributed by atoms with Gasteiger partial charge in [0.1, 0.15) is 11.9 Å². The minimum absolute atomic E-state index is 0.603. The third-order valence-electron chi connectivity index (χ3n) is 3.04. The van der Waals surface area contributed by atoms with Crippen LogP contribution in [0.5, 0.6) is 0 Å². The molecule has 84 valence electrons. The van der Waals surface area contributed by atoms with Crippen molar-refractivity contribution >= 4 is 5.82 Å². The van der Waals surface area contributed by atoms with E-state index in [1.54, 1.807) is 0 Å². The van der Waals surface area contributed by atoms with Gasteiger partial charge in [-0.15, -0.1) is 0 Å². The summed E-state index contributed by atoms with van der Waals surface area (Å²) >= 11 is 0. The average Bonchev–Trinajstić information content (AvgIpc) is 3.02. The van der Waals surface area contributed by atoms with Gasteiger partial charge < -0.3 is 4.90 Å². The third-order valence-corrected chi connectivity index (χ3v) is 3.04. The van der Waals surface area contributed by atoms with Gasteiger partial charge in [-0.05, 0) is 45.2 Å². The summed E-state index contributed by atoms with van der Waals surface area (Å²) in [5.41, 5.74) is 2.76. The van der Waals surface area contributed by atoms with E-state index in [1.165, 1.54) is 12.8 Å². The molecule has 0 spiro atoms. The number of anilines is 1. The van der Waals surface area contributed by atoms with Crippen molar-refractivity contribution in [2.24, 2.45) is 0 Å². The monoisotopic (exact) mass is 215 g/mol. The van der Waals surface area contributed by atoms with E-state index in [1.807, 2.05) is 19.9 Å². The summed E-state index contributed by atoms with van der Waals surface area (Å²) in [7, 11) is 0. The molecular formula is C13H17N3. The first-order chi connectivity index (χ1) is 7.67. The normalized spacial score (nSPS) is 14.6. The van der Waals surface area contributed by atoms with Crippen LogP contribution in [0.2, 0.25) is 0 Å². The highest BCUT2D eigenvalue weighted by Crippen LogP contribution is 2.33. The van der Waals surface area contributed by atoms with Gasteiger partial charge in [0.15, 0.2) is 0 Å². The summed E-state index contributed by atoms with van der Waals surface area (Å²) in [6.45, 7) is 7.02. The van der Waals surface area contributed by atoms with E-state index >= 15 is 0 Å². The maximum atomic E-state index is 9.22. The molecule has 1 aliphatic carbocycles. The highest BCUT2D eigenvalue weighted by molar-refractivity contribution is 5.59. The molecule has 1 aromatic rings. The second kappa shape index (κ2) is 4.13. The Morgan fingerprint density at radius 3 is 2.69 bits per heavy atom. The van der Waals surface area contributed by atoms with Crippen molar-refractivity contribution in [2.45, 2.75) is 39.7 Å². The molecule has 0 N–H and O–H groups in total. The van der Waals surface area contributed by atoms with E-state index in [9.17, 15) is 5.26 Å². The Balaban J connectivity index is 2.49. The molecule has 0 saturated heterocycles. The molecule has 16 heavy (non-hydrogen) atoms. The second-order valence-electron chi connectivity index (χ2n) is 4.41. The van der Waals surface area contributed by atoms with Crippen LogP contribution in [0.25, 0.3) is 0 Å². The lowest BCUT2D eigenvalue weighted by molar-refractivity contribution is 0.802. The molecule has 2 rings (SSSR count). The highest BCUT2D eigenvalue weighted by atomic mass is 15.2. The topological polar surface area (TPSA) is 39.9 Å². The fraction of sp³-hybridized carbons (Fsp3) is 0.538. The zero-order valence-electron chi connectivity index (χ0n) is 10.1. The molecule has 0 amide bonds. The van der Waals surface area contributed by atoms with Crippen LogP contribution in [-0.2, 0) is 0 Å². The minimum atomic E-state index is 0.603. The average molecular weight is 215 g/mol. The van der Waals surface area contributed by atoms with Crippen molar-refractivity contribution < 1.29 is 0 Å². The van der Waals surface area contributed by atoms with E-state index < -0.39 is 0 Å². The first kappa shape index (κ1) is 10.9. The third kappa shape index (κ3) is 1.88. The molecule has 0 aromatic carbocycles. The first-order valence-corrected chi connectivity index (χ1v) is 5.82. The van der Waals surface area contributed by atoms with Gasteiger partial charge in [0, 0.05) is 18.3 Å². The number of nitrogens with zero attached hydrogens (tertiary/aromatic N) is 3. The van der Waals surface area contributed by atoms with E-state index in [2.05, 4.69) is 22.9 Å². The molecule has 1 heterocycles. The summed E-state index contributed by atoms with van der Waals surface area (Å²) in [5.74, 6) is 0.880. The van der Waals surface area contributed by atoms with Gasteiger partial charge in [0.05, 0.1) is 5.56 Å². The number of aryl methyl sites for hydroxylation is 2. The molecular weight excluding hydrogens is 198 g/mol. The summed E-state index contributed by atoms with van der Waals surface area (Å²) in [4.78, 5) is 6.80. The quantitative estimate of drug-likeness (QED) is 0.778. The Bertz CT molecular complexity index is 441. The van der Waals surface area contributed by atoms with Gasteiger partial charge in [-0.1, -0.05) is 0 Å². The highest BCUT2D eigenvalue weighted by Gasteiger charge is 2.30. The van der Waals surface area contributed by atoms with Crippen LogP contribution >= 0.6 is 0 Å². The number of aromatic nitrogens is 1. The fourth-order valence-electron chi connectivity index (χ4n) is 2.13. The van der Waals surface area contributed by atoms with Crippen LogP contribution in [0.15, 0.2) is 6.07 Å². The number of nitriles is 1. The molecule has 0 unspecified atom stereocenters. The van der Waals surface area contributed by atoms with Gasteiger partial charge in [-0.25, -0.2) is 4.98 Å². The Hall–Kier alpha value is -1.56. The zero-order valence-corrected chi connectivity index (χ0v) is 10.1. The van der Waals surface area contributed by atoms with Crippen molar-refractivity contribution in [3.63, 3.8) is 0 Å². The zero-order chi connectivity index (χ0) is 11.7. The van der Waals surface area contributed by atoms with E-state index in [0.717, 1.165) is 29.2 Å². The number of rotatable bonds is 3. The SMILES string of the molecule is CCN(c1nc(C)cc(C)c1C#N)C1CC1. The molecule has 0 atom stereocenters. The lowest BCUT2D eigenvalue weighted by atomic mass is 10.1. The number of pyridine rings is 1. The van der Waals surface area contributed by atoms with Crippen molar-refractivity contribution in [1.29, 1.82) is 5.26 Å². The van der Waals surface area contributed by atoms with Crippen LogP contribution in [0.1, 0.15) is 36.6 Å². The summed E-state index contributed by atoms with van der Waals surface area (Å²) < 4.78 is 0. The van der Waals surface area contributed by atoms with Crippen LogP contribution in [0.3, 0.4) is 0 Å². The van der Waals surface area contributed by atoms with Crippen LogP contribution < -0.4 is 4.90 Å².